The molecule has 0 aromatic heterocycles. The number of hydrogen-bond donors (Lipinski definition) is 1. The van der Waals surface area contributed by atoms with Gasteiger partial charge in [0, 0.05) is 25.7 Å². The summed E-state index contributed by atoms with van der Waals surface area (Å²) in [5, 5.41) is 0. The molecule has 14 heavy (non-hydrogen) atoms. The molecule has 0 bridgehead atoms. The predicted molar refractivity (Wildman–Crippen MR) is 57.2 cm³/mol. The second-order valence-corrected chi connectivity index (χ2v) is 5.11. The van der Waals surface area contributed by atoms with Gasteiger partial charge in [0.2, 0.25) is 0 Å². The number of hydrogen-bond acceptors (Lipinski definition) is 3. The number of ether oxygens (including phenoxy) is 1. The molecule has 2 aliphatic rings. The van der Waals surface area contributed by atoms with Gasteiger partial charge in [-0.15, -0.1) is 0 Å². The fourth-order valence-corrected chi connectivity index (χ4v) is 2.57. The average Bonchev–Trinajstić information content (AvgIpc) is 2.99. The molecule has 0 aromatic carbocycles. The predicted octanol–water partition coefficient (Wildman–Crippen LogP) is 0.979. The highest BCUT2D eigenvalue weighted by Gasteiger charge is 2.49. The molecule has 82 valence electrons. The van der Waals surface area contributed by atoms with Crippen LogP contribution in [-0.2, 0) is 4.74 Å². The van der Waals surface area contributed by atoms with Crippen LogP contribution in [0.3, 0.4) is 0 Å². The van der Waals surface area contributed by atoms with E-state index in [2.05, 4.69) is 11.8 Å². The molecule has 1 unspecified atom stereocenters. The lowest BCUT2D eigenvalue weighted by molar-refractivity contribution is -0.0640. The van der Waals surface area contributed by atoms with Crippen LogP contribution in [0.2, 0.25) is 0 Å². The Bertz CT molecular complexity index is 213. The molecule has 1 aliphatic heterocycles. The van der Waals surface area contributed by atoms with Crippen LogP contribution in [0.5, 0.6) is 0 Å². The van der Waals surface area contributed by atoms with E-state index < -0.39 is 0 Å². The molecule has 1 saturated carbocycles. The standard InChI is InChI=1S/C11H22N2O/c1-10(14-2)4-3-7-13(9-10)11(8-12)5-6-11/h3-9,12H2,1-2H3. The molecule has 0 spiro atoms. The molecule has 2 rings (SSSR count). The maximum Gasteiger partial charge on any atom is 0.0777 e. The lowest BCUT2D eigenvalue weighted by atomic mass is 9.93. The van der Waals surface area contributed by atoms with Crippen LogP contribution in [0.1, 0.15) is 32.6 Å². The van der Waals surface area contributed by atoms with Crippen LogP contribution in [0, 0.1) is 0 Å². The van der Waals surface area contributed by atoms with Gasteiger partial charge in [-0.2, -0.15) is 0 Å². The Hall–Kier alpha value is -0.120. The summed E-state index contributed by atoms with van der Waals surface area (Å²) >= 11 is 0. The third-order valence-electron chi connectivity index (χ3n) is 4.03. The molecular formula is C11H22N2O. The first-order chi connectivity index (χ1) is 6.64. The monoisotopic (exact) mass is 198 g/mol. The van der Waals surface area contributed by atoms with Crippen molar-refractivity contribution in [1.82, 2.24) is 4.90 Å². The highest BCUT2D eigenvalue weighted by Crippen LogP contribution is 2.43. The molecule has 3 heteroatoms. The summed E-state index contributed by atoms with van der Waals surface area (Å²) in [7, 11) is 1.82. The van der Waals surface area contributed by atoms with E-state index in [1.165, 1.54) is 32.2 Å². The second-order valence-electron chi connectivity index (χ2n) is 5.11. The van der Waals surface area contributed by atoms with Crippen LogP contribution in [-0.4, -0.2) is 42.8 Å². The highest BCUT2D eigenvalue weighted by atomic mass is 16.5. The number of methoxy groups -OCH3 is 1. The molecule has 0 aromatic rings. The van der Waals surface area contributed by atoms with E-state index in [-0.39, 0.29) is 5.60 Å². The van der Waals surface area contributed by atoms with E-state index in [0.29, 0.717) is 5.54 Å². The van der Waals surface area contributed by atoms with Crippen molar-refractivity contribution in [2.75, 3.05) is 26.7 Å². The van der Waals surface area contributed by atoms with Crippen molar-refractivity contribution in [3.05, 3.63) is 0 Å². The summed E-state index contributed by atoms with van der Waals surface area (Å²) in [6.45, 7) is 5.29. The van der Waals surface area contributed by atoms with Crippen molar-refractivity contribution >= 4 is 0 Å². The van der Waals surface area contributed by atoms with Crippen LogP contribution < -0.4 is 5.73 Å². The number of nitrogens with two attached hydrogens (primary N) is 1. The fourth-order valence-electron chi connectivity index (χ4n) is 2.57. The molecule has 1 heterocycles. The van der Waals surface area contributed by atoms with Crippen molar-refractivity contribution < 1.29 is 4.74 Å². The Morgan fingerprint density at radius 2 is 2.07 bits per heavy atom. The van der Waals surface area contributed by atoms with Gasteiger partial charge in [-0.3, -0.25) is 4.90 Å². The van der Waals surface area contributed by atoms with E-state index in [1.54, 1.807) is 0 Å². The SMILES string of the molecule is COC1(C)CCCN(C2(CN)CC2)C1. The summed E-state index contributed by atoms with van der Waals surface area (Å²) in [6, 6.07) is 0. The Morgan fingerprint density at radius 1 is 1.36 bits per heavy atom. The lowest BCUT2D eigenvalue weighted by Gasteiger charge is -2.43. The first kappa shape index (κ1) is 10.4. The van der Waals surface area contributed by atoms with Gasteiger partial charge >= 0.3 is 0 Å². The van der Waals surface area contributed by atoms with Crippen molar-refractivity contribution in [3.63, 3.8) is 0 Å². The minimum Gasteiger partial charge on any atom is -0.377 e. The summed E-state index contributed by atoms with van der Waals surface area (Å²) in [5.41, 5.74) is 6.25. The molecular weight excluding hydrogens is 176 g/mol. The van der Waals surface area contributed by atoms with Crippen LogP contribution in [0.15, 0.2) is 0 Å². The van der Waals surface area contributed by atoms with Gasteiger partial charge in [0.25, 0.3) is 0 Å². The van der Waals surface area contributed by atoms with Gasteiger partial charge in [0.1, 0.15) is 0 Å². The van der Waals surface area contributed by atoms with Crippen LogP contribution >= 0.6 is 0 Å². The van der Waals surface area contributed by atoms with E-state index in [1.807, 2.05) is 7.11 Å². The smallest absolute Gasteiger partial charge is 0.0777 e. The van der Waals surface area contributed by atoms with Gasteiger partial charge in [-0.05, 0) is 39.2 Å². The number of piperidine rings is 1. The van der Waals surface area contributed by atoms with Crippen LogP contribution in [0.4, 0.5) is 0 Å². The highest BCUT2D eigenvalue weighted by molar-refractivity contribution is 5.07. The topological polar surface area (TPSA) is 38.5 Å². The zero-order valence-corrected chi connectivity index (χ0v) is 9.38. The number of rotatable bonds is 3. The molecule has 3 nitrogen and oxygen atoms in total. The van der Waals surface area contributed by atoms with E-state index in [4.69, 9.17) is 10.5 Å². The van der Waals surface area contributed by atoms with Gasteiger partial charge in [0.15, 0.2) is 0 Å². The zero-order chi connectivity index (χ0) is 10.2. The largest absolute Gasteiger partial charge is 0.377 e. The first-order valence-electron chi connectivity index (χ1n) is 5.64. The van der Waals surface area contributed by atoms with Crippen molar-refractivity contribution in [3.8, 4) is 0 Å². The summed E-state index contributed by atoms with van der Waals surface area (Å²) in [6.07, 6.45) is 4.99. The normalized spacial score (nSPS) is 37.1. The third kappa shape index (κ3) is 1.69. The Kier molecular flexibility index (Phi) is 2.58. The molecule has 2 N–H and O–H groups in total. The summed E-state index contributed by atoms with van der Waals surface area (Å²) < 4.78 is 5.59. The lowest BCUT2D eigenvalue weighted by Crippen LogP contribution is -2.54. The van der Waals surface area contributed by atoms with Gasteiger partial charge < -0.3 is 10.5 Å². The maximum absolute atomic E-state index is 5.85. The summed E-state index contributed by atoms with van der Waals surface area (Å²) in [5.74, 6) is 0. The molecule has 1 saturated heterocycles. The number of nitrogens with zero attached hydrogens (tertiary/aromatic N) is 1. The van der Waals surface area contributed by atoms with Crippen molar-refractivity contribution in [2.24, 2.45) is 5.73 Å². The van der Waals surface area contributed by atoms with E-state index in [9.17, 15) is 0 Å². The summed E-state index contributed by atoms with van der Waals surface area (Å²) in [4.78, 5) is 2.56. The second kappa shape index (κ2) is 3.47. The van der Waals surface area contributed by atoms with Gasteiger partial charge in [-0.1, -0.05) is 0 Å². The molecule has 1 atom stereocenters. The van der Waals surface area contributed by atoms with E-state index >= 15 is 0 Å². The number of likely N-dealkylation sites (tertiary alicyclic amines) is 1. The molecule has 2 fully saturated rings. The molecule has 0 amide bonds. The molecule has 1 aliphatic carbocycles. The van der Waals surface area contributed by atoms with E-state index in [0.717, 1.165) is 13.1 Å². The Morgan fingerprint density at radius 3 is 2.57 bits per heavy atom. The van der Waals surface area contributed by atoms with Crippen molar-refractivity contribution in [2.45, 2.75) is 43.7 Å². The fraction of sp³-hybridized carbons (Fsp3) is 1.00. The zero-order valence-electron chi connectivity index (χ0n) is 9.38. The van der Waals surface area contributed by atoms with Crippen molar-refractivity contribution in [1.29, 1.82) is 0 Å². The maximum atomic E-state index is 5.85. The Balaban J connectivity index is 2.01. The molecule has 0 radical (unpaired) electrons. The van der Waals surface area contributed by atoms with Gasteiger partial charge in [-0.25, -0.2) is 0 Å². The average molecular weight is 198 g/mol. The van der Waals surface area contributed by atoms with Gasteiger partial charge in [0.05, 0.1) is 5.60 Å². The first-order valence-corrected chi connectivity index (χ1v) is 5.64. The minimum atomic E-state index is 0.0585. The minimum absolute atomic E-state index is 0.0585. The quantitative estimate of drug-likeness (QED) is 0.734. The van der Waals surface area contributed by atoms with Crippen LogP contribution in [0.25, 0.3) is 0 Å². The third-order valence-corrected chi connectivity index (χ3v) is 4.03. The Labute approximate surface area is 86.6 Å².